The lowest BCUT2D eigenvalue weighted by molar-refractivity contribution is 1.09. The maximum Gasteiger partial charge on any atom is 0.137 e. The van der Waals surface area contributed by atoms with Gasteiger partial charge in [0.2, 0.25) is 0 Å². The average molecular weight is 301 g/mol. The van der Waals surface area contributed by atoms with Crippen LogP contribution in [0.1, 0.15) is 16.8 Å². The SMILES string of the molecule is Cc1ccccc1Cc1cn2cc(Br)ccc2n1. The number of rotatable bonds is 2. The van der Waals surface area contributed by atoms with Crippen LogP contribution in [-0.4, -0.2) is 9.38 Å². The minimum atomic E-state index is 0.881. The van der Waals surface area contributed by atoms with E-state index in [4.69, 9.17) is 0 Å². The molecule has 0 saturated heterocycles. The number of halogens is 1. The summed E-state index contributed by atoms with van der Waals surface area (Å²) < 4.78 is 3.12. The molecule has 0 amide bonds. The number of pyridine rings is 1. The van der Waals surface area contributed by atoms with Gasteiger partial charge in [0.05, 0.1) is 5.69 Å². The molecule has 0 saturated carbocycles. The van der Waals surface area contributed by atoms with Crippen molar-refractivity contribution in [2.24, 2.45) is 0 Å². The molecular formula is C15H13BrN2. The summed E-state index contributed by atoms with van der Waals surface area (Å²) in [6.07, 6.45) is 5.00. The molecule has 0 fully saturated rings. The summed E-state index contributed by atoms with van der Waals surface area (Å²) >= 11 is 3.47. The highest BCUT2D eigenvalue weighted by atomic mass is 79.9. The molecule has 0 N–H and O–H groups in total. The van der Waals surface area contributed by atoms with Gasteiger partial charge < -0.3 is 4.40 Å². The highest BCUT2D eigenvalue weighted by Gasteiger charge is 2.04. The van der Waals surface area contributed by atoms with Crippen molar-refractivity contribution < 1.29 is 0 Å². The van der Waals surface area contributed by atoms with Crippen molar-refractivity contribution in [3.8, 4) is 0 Å². The number of hydrogen-bond donors (Lipinski definition) is 0. The molecule has 0 radical (unpaired) electrons. The molecule has 2 heterocycles. The first-order valence-corrected chi connectivity index (χ1v) is 6.69. The van der Waals surface area contributed by atoms with E-state index in [1.54, 1.807) is 0 Å². The van der Waals surface area contributed by atoms with Crippen molar-refractivity contribution in [2.45, 2.75) is 13.3 Å². The van der Waals surface area contributed by atoms with Gasteiger partial charge >= 0.3 is 0 Å². The molecule has 3 heteroatoms. The Labute approximate surface area is 114 Å². The molecular weight excluding hydrogens is 288 g/mol. The van der Waals surface area contributed by atoms with E-state index in [1.165, 1.54) is 11.1 Å². The normalized spacial score (nSPS) is 11.0. The van der Waals surface area contributed by atoms with Crippen LogP contribution in [0.25, 0.3) is 5.65 Å². The smallest absolute Gasteiger partial charge is 0.137 e. The number of fused-ring (bicyclic) bond motifs is 1. The standard InChI is InChI=1S/C15H13BrN2/c1-11-4-2-3-5-12(11)8-14-10-18-9-13(16)6-7-15(18)17-14/h2-7,9-10H,8H2,1H3. The first kappa shape index (κ1) is 11.5. The molecule has 3 aromatic rings. The molecule has 0 bridgehead atoms. The number of aromatic nitrogens is 2. The second-order valence-corrected chi connectivity index (χ2v) is 5.36. The van der Waals surface area contributed by atoms with Crippen LogP contribution in [0.4, 0.5) is 0 Å². The molecule has 90 valence electrons. The molecule has 0 spiro atoms. The number of aryl methyl sites for hydroxylation is 1. The van der Waals surface area contributed by atoms with Crippen LogP contribution in [0.5, 0.6) is 0 Å². The second-order valence-electron chi connectivity index (χ2n) is 4.45. The number of nitrogens with zero attached hydrogens (tertiary/aromatic N) is 2. The summed E-state index contributed by atoms with van der Waals surface area (Å²) in [4.78, 5) is 4.63. The zero-order valence-corrected chi connectivity index (χ0v) is 11.7. The first-order chi connectivity index (χ1) is 8.72. The molecule has 2 nitrogen and oxygen atoms in total. The van der Waals surface area contributed by atoms with Gasteiger partial charge in [0, 0.05) is 23.3 Å². The highest BCUT2D eigenvalue weighted by Crippen LogP contribution is 2.16. The third-order valence-corrected chi connectivity index (χ3v) is 3.57. The number of benzene rings is 1. The van der Waals surface area contributed by atoms with Crippen molar-refractivity contribution in [1.82, 2.24) is 9.38 Å². The number of hydrogen-bond acceptors (Lipinski definition) is 1. The van der Waals surface area contributed by atoms with Gasteiger partial charge in [-0.15, -0.1) is 0 Å². The summed E-state index contributed by atoms with van der Waals surface area (Å²) in [5, 5.41) is 0. The van der Waals surface area contributed by atoms with E-state index in [0.717, 1.165) is 22.2 Å². The molecule has 2 aromatic heterocycles. The van der Waals surface area contributed by atoms with Crippen LogP contribution in [0.3, 0.4) is 0 Å². The summed E-state index contributed by atoms with van der Waals surface area (Å²) in [7, 11) is 0. The molecule has 18 heavy (non-hydrogen) atoms. The Hall–Kier alpha value is -1.61. The van der Waals surface area contributed by atoms with Gasteiger partial charge in [-0.1, -0.05) is 24.3 Å². The third-order valence-electron chi connectivity index (χ3n) is 3.10. The molecule has 1 aromatic carbocycles. The lowest BCUT2D eigenvalue weighted by atomic mass is 10.0. The second kappa shape index (κ2) is 4.58. The minimum absolute atomic E-state index is 0.881. The summed E-state index contributed by atoms with van der Waals surface area (Å²) in [5.74, 6) is 0. The van der Waals surface area contributed by atoms with Crippen molar-refractivity contribution in [3.05, 3.63) is 70.1 Å². The van der Waals surface area contributed by atoms with Crippen LogP contribution in [-0.2, 0) is 6.42 Å². The van der Waals surface area contributed by atoms with Crippen molar-refractivity contribution in [1.29, 1.82) is 0 Å². The minimum Gasteiger partial charge on any atom is -0.306 e. The Kier molecular flexibility index (Phi) is 2.92. The predicted molar refractivity (Wildman–Crippen MR) is 76.9 cm³/mol. The fourth-order valence-electron chi connectivity index (χ4n) is 2.11. The highest BCUT2D eigenvalue weighted by molar-refractivity contribution is 9.10. The third kappa shape index (κ3) is 2.18. The maximum absolute atomic E-state index is 4.63. The first-order valence-electron chi connectivity index (χ1n) is 5.90. The van der Waals surface area contributed by atoms with Crippen molar-refractivity contribution in [2.75, 3.05) is 0 Å². The van der Waals surface area contributed by atoms with Gasteiger partial charge in [0.25, 0.3) is 0 Å². The lowest BCUT2D eigenvalue weighted by Gasteiger charge is -2.01. The molecule has 0 aliphatic heterocycles. The van der Waals surface area contributed by atoms with E-state index in [-0.39, 0.29) is 0 Å². The van der Waals surface area contributed by atoms with Gasteiger partial charge in [-0.05, 0) is 46.1 Å². The fraction of sp³-hybridized carbons (Fsp3) is 0.133. The molecule has 0 aliphatic rings. The molecule has 0 atom stereocenters. The van der Waals surface area contributed by atoms with Gasteiger partial charge in [-0.2, -0.15) is 0 Å². The van der Waals surface area contributed by atoms with Crippen LogP contribution in [0.2, 0.25) is 0 Å². The zero-order valence-electron chi connectivity index (χ0n) is 10.1. The Balaban J connectivity index is 1.98. The van der Waals surface area contributed by atoms with Gasteiger partial charge in [-0.25, -0.2) is 4.98 Å². The van der Waals surface area contributed by atoms with Crippen molar-refractivity contribution in [3.63, 3.8) is 0 Å². The van der Waals surface area contributed by atoms with Crippen LogP contribution in [0, 0.1) is 6.92 Å². The zero-order chi connectivity index (χ0) is 12.5. The number of imidazole rings is 1. The van der Waals surface area contributed by atoms with E-state index >= 15 is 0 Å². The van der Waals surface area contributed by atoms with Gasteiger partial charge in [0.1, 0.15) is 5.65 Å². The summed E-state index contributed by atoms with van der Waals surface area (Å²) in [6.45, 7) is 2.14. The molecule has 0 unspecified atom stereocenters. The maximum atomic E-state index is 4.63. The largest absolute Gasteiger partial charge is 0.306 e. The molecule has 3 rings (SSSR count). The Morgan fingerprint density at radius 3 is 2.78 bits per heavy atom. The Morgan fingerprint density at radius 2 is 1.94 bits per heavy atom. The topological polar surface area (TPSA) is 17.3 Å². The van der Waals surface area contributed by atoms with E-state index in [2.05, 4.69) is 62.7 Å². The van der Waals surface area contributed by atoms with E-state index in [9.17, 15) is 0 Å². The Morgan fingerprint density at radius 1 is 1.11 bits per heavy atom. The molecule has 0 aliphatic carbocycles. The summed E-state index contributed by atoms with van der Waals surface area (Å²) in [6, 6.07) is 12.5. The van der Waals surface area contributed by atoms with Gasteiger partial charge in [0.15, 0.2) is 0 Å². The Bertz CT molecular complexity index is 701. The quantitative estimate of drug-likeness (QED) is 0.699. The van der Waals surface area contributed by atoms with Crippen LogP contribution in [0.15, 0.2) is 53.3 Å². The van der Waals surface area contributed by atoms with E-state index < -0.39 is 0 Å². The van der Waals surface area contributed by atoms with Crippen LogP contribution < -0.4 is 0 Å². The average Bonchev–Trinajstić information content (AvgIpc) is 2.73. The van der Waals surface area contributed by atoms with E-state index in [0.29, 0.717) is 0 Å². The summed E-state index contributed by atoms with van der Waals surface area (Å²) in [5.41, 5.74) is 4.74. The predicted octanol–water partition coefficient (Wildman–Crippen LogP) is 4.00. The monoisotopic (exact) mass is 300 g/mol. The van der Waals surface area contributed by atoms with Crippen molar-refractivity contribution >= 4 is 21.6 Å². The van der Waals surface area contributed by atoms with Crippen LogP contribution >= 0.6 is 15.9 Å². The fourth-order valence-corrected chi connectivity index (χ4v) is 2.46. The van der Waals surface area contributed by atoms with Gasteiger partial charge in [-0.3, -0.25) is 0 Å². The van der Waals surface area contributed by atoms with E-state index in [1.807, 2.05) is 18.3 Å². The lowest BCUT2D eigenvalue weighted by Crippen LogP contribution is -1.91.